The number of nitro groups is 1. The number of aromatic nitrogens is 2. The molecular formula is C14H19N5O2. The van der Waals surface area contributed by atoms with Gasteiger partial charge in [0, 0.05) is 39.1 Å². The zero-order chi connectivity index (χ0) is 15.4. The van der Waals surface area contributed by atoms with Crippen molar-refractivity contribution in [1.82, 2.24) is 14.5 Å². The van der Waals surface area contributed by atoms with Gasteiger partial charge in [-0.05, 0) is 12.6 Å². The third-order valence-electron chi connectivity index (χ3n) is 3.35. The van der Waals surface area contributed by atoms with Crippen LogP contribution in [0.5, 0.6) is 0 Å². The quantitative estimate of drug-likeness (QED) is 0.650. The maximum Gasteiger partial charge on any atom is 0.292 e. The van der Waals surface area contributed by atoms with Crippen LogP contribution in [0, 0.1) is 10.1 Å². The van der Waals surface area contributed by atoms with Crippen molar-refractivity contribution in [3.05, 3.63) is 52.1 Å². The summed E-state index contributed by atoms with van der Waals surface area (Å²) in [6, 6.07) is 5.12. The highest BCUT2D eigenvalue weighted by Gasteiger charge is 2.17. The van der Waals surface area contributed by atoms with Gasteiger partial charge in [0.05, 0.1) is 11.5 Å². The van der Waals surface area contributed by atoms with E-state index in [9.17, 15) is 10.1 Å². The average Bonchev–Trinajstić information content (AvgIpc) is 2.83. The van der Waals surface area contributed by atoms with E-state index in [1.807, 2.05) is 30.9 Å². The van der Waals surface area contributed by atoms with E-state index >= 15 is 0 Å². The normalized spacial score (nSPS) is 10.9. The Hall–Kier alpha value is -2.41. The first-order valence-electron chi connectivity index (χ1n) is 6.61. The Kier molecular flexibility index (Phi) is 4.54. The summed E-state index contributed by atoms with van der Waals surface area (Å²) in [5, 5.41) is 14.0. The van der Waals surface area contributed by atoms with Crippen LogP contribution in [0.15, 0.2) is 30.6 Å². The number of benzene rings is 1. The zero-order valence-corrected chi connectivity index (χ0v) is 12.4. The SMILES string of the molecule is CNc1c(CN(C)Cc2nccn2C)cccc1[N+](=O)[O-]. The highest BCUT2D eigenvalue weighted by Crippen LogP contribution is 2.28. The fourth-order valence-electron chi connectivity index (χ4n) is 2.30. The summed E-state index contributed by atoms with van der Waals surface area (Å²) in [6.07, 6.45) is 3.66. The van der Waals surface area contributed by atoms with Gasteiger partial charge in [-0.3, -0.25) is 15.0 Å². The third kappa shape index (κ3) is 3.38. The summed E-state index contributed by atoms with van der Waals surface area (Å²) in [5.74, 6) is 0.953. The van der Waals surface area contributed by atoms with E-state index in [4.69, 9.17) is 0 Å². The van der Waals surface area contributed by atoms with Gasteiger partial charge in [-0.2, -0.15) is 0 Å². The summed E-state index contributed by atoms with van der Waals surface area (Å²) in [4.78, 5) is 17.0. The number of rotatable bonds is 6. The minimum Gasteiger partial charge on any atom is -0.382 e. The molecule has 0 radical (unpaired) electrons. The van der Waals surface area contributed by atoms with Crippen LogP contribution in [-0.2, 0) is 20.1 Å². The van der Waals surface area contributed by atoms with Gasteiger partial charge >= 0.3 is 0 Å². The second-order valence-electron chi connectivity index (χ2n) is 4.95. The molecule has 2 rings (SSSR count). The van der Waals surface area contributed by atoms with Crippen molar-refractivity contribution in [3.8, 4) is 0 Å². The Morgan fingerprint density at radius 2 is 2.19 bits per heavy atom. The lowest BCUT2D eigenvalue weighted by molar-refractivity contribution is -0.384. The monoisotopic (exact) mass is 289 g/mol. The molecule has 0 unspecified atom stereocenters. The molecule has 1 N–H and O–H groups in total. The molecular weight excluding hydrogens is 270 g/mol. The molecule has 0 bridgehead atoms. The summed E-state index contributed by atoms with van der Waals surface area (Å²) >= 11 is 0. The number of hydrogen-bond donors (Lipinski definition) is 1. The second kappa shape index (κ2) is 6.36. The lowest BCUT2D eigenvalue weighted by atomic mass is 10.1. The van der Waals surface area contributed by atoms with Crippen LogP contribution in [0.2, 0.25) is 0 Å². The molecule has 0 saturated heterocycles. The van der Waals surface area contributed by atoms with Crippen LogP contribution in [-0.4, -0.2) is 33.5 Å². The molecule has 0 saturated carbocycles. The fourth-order valence-corrected chi connectivity index (χ4v) is 2.30. The number of anilines is 1. The fraction of sp³-hybridized carbons (Fsp3) is 0.357. The molecule has 0 fully saturated rings. The van der Waals surface area contributed by atoms with Gasteiger partial charge in [-0.1, -0.05) is 12.1 Å². The van der Waals surface area contributed by atoms with Crippen LogP contribution in [0.3, 0.4) is 0 Å². The van der Waals surface area contributed by atoms with E-state index in [-0.39, 0.29) is 10.6 Å². The molecule has 1 heterocycles. The summed E-state index contributed by atoms with van der Waals surface area (Å²) in [7, 11) is 5.61. The van der Waals surface area contributed by atoms with Crippen LogP contribution < -0.4 is 5.32 Å². The van der Waals surface area contributed by atoms with Crippen molar-refractivity contribution in [3.63, 3.8) is 0 Å². The standard InChI is InChI=1S/C14H19N5O2/c1-15-14-11(5-4-6-12(14)19(20)21)9-17(2)10-13-16-7-8-18(13)3/h4-8,15H,9-10H2,1-3H3. The van der Waals surface area contributed by atoms with Crippen molar-refractivity contribution in [2.75, 3.05) is 19.4 Å². The zero-order valence-electron chi connectivity index (χ0n) is 12.4. The van der Waals surface area contributed by atoms with E-state index in [0.717, 1.165) is 11.4 Å². The Morgan fingerprint density at radius 1 is 1.43 bits per heavy atom. The predicted octanol–water partition coefficient (Wildman–Crippen LogP) is 2.00. The van der Waals surface area contributed by atoms with E-state index in [1.165, 1.54) is 6.07 Å². The molecule has 0 spiro atoms. The van der Waals surface area contributed by atoms with Gasteiger partial charge in [-0.25, -0.2) is 4.98 Å². The van der Waals surface area contributed by atoms with Crippen molar-refractivity contribution < 1.29 is 4.92 Å². The highest BCUT2D eigenvalue weighted by molar-refractivity contribution is 5.66. The first-order valence-corrected chi connectivity index (χ1v) is 6.61. The number of nitrogens with zero attached hydrogens (tertiary/aromatic N) is 4. The third-order valence-corrected chi connectivity index (χ3v) is 3.35. The number of aryl methyl sites for hydroxylation is 1. The van der Waals surface area contributed by atoms with Crippen LogP contribution in [0.1, 0.15) is 11.4 Å². The minimum atomic E-state index is -0.367. The molecule has 7 nitrogen and oxygen atoms in total. The van der Waals surface area contributed by atoms with Crippen LogP contribution in [0.4, 0.5) is 11.4 Å². The summed E-state index contributed by atoms with van der Waals surface area (Å²) in [6.45, 7) is 1.28. The smallest absolute Gasteiger partial charge is 0.292 e. The van der Waals surface area contributed by atoms with Gasteiger partial charge in [-0.15, -0.1) is 0 Å². The van der Waals surface area contributed by atoms with Gasteiger partial charge in [0.15, 0.2) is 0 Å². The van der Waals surface area contributed by atoms with Crippen molar-refractivity contribution >= 4 is 11.4 Å². The predicted molar refractivity (Wildman–Crippen MR) is 81.0 cm³/mol. The Labute approximate surface area is 123 Å². The average molecular weight is 289 g/mol. The molecule has 0 aliphatic heterocycles. The molecule has 0 amide bonds. The maximum atomic E-state index is 11.1. The van der Waals surface area contributed by atoms with E-state index in [1.54, 1.807) is 19.3 Å². The van der Waals surface area contributed by atoms with Crippen LogP contribution >= 0.6 is 0 Å². The summed E-state index contributed by atoms with van der Waals surface area (Å²) in [5.41, 5.74) is 1.55. The lowest BCUT2D eigenvalue weighted by Gasteiger charge is -2.18. The van der Waals surface area contributed by atoms with Crippen molar-refractivity contribution in [2.45, 2.75) is 13.1 Å². The Balaban J connectivity index is 2.17. The van der Waals surface area contributed by atoms with Gasteiger partial charge in [0.1, 0.15) is 11.5 Å². The summed E-state index contributed by atoms with van der Waals surface area (Å²) < 4.78 is 1.96. The van der Waals surface area contributed by atoms with Crippen molar-refractivity contribution in [2.24, 2.45) is 7.05 Å². The molecule has 2 aromatic rings. The van der Waals surface area contributed by atoms with Crippen molar-refractivity contribution in [1.29, 1.82) is 0 Å². The maximum absolute atomic E-state index is 11.1. The molecule has 0 aliphatic carbocycles. The Bertz CT molecular complexity index is 638. The first-order chi connectivity index (χ1) is 10.0. The van der Waals surface area contributed by atoms with E-state index in [0.29, 0.717) is 18.8 Å². The number of nitrogens with one attached hydrogen (secondary N) is 1. The minimum absolute atomic E-state index is 0.0976. The van der Waals surface area contributed by atoms with Gasteiger partial charge in [0.25, 0.3) is 5.69 Å². The van der Waals surface area contributed by atoms with Gasteiger partial charge < -0.3 is 9.88 Å². The van der Waals surface area contributed by atoms with Gasteiger partial charge in [0.2, 0.25) is 0 Å². The number of nitro benzene ring substituents is 1. The molecule has 1 aromatic heterocycles. The molecule has 21 heavy (non-hydrogen) atoms. The largest absolute Gasteiger partial charge is 0.382 e. The van der Waals surface area contributed by atoms with E-state index < -0.39 is 0 Å². The first kappa shape index (κ1) is 15.0. The topological polar surface area (TPSA) is 76.2 Å². The molecule has 0 aliphatic rings. The number of para-hydroxylation sites is 1. The molecule has 0 atom stereocenters. The number of hydrogen-bond acceptors (Lipinski definition) is 5. The molecule has 1 aromatic carbocycles. The molecule has 112 valence electrons. The molecule has 7 heteroatoms. The second-order valence-corrected chi connectivity index (χ2v) is 4.95. The van der Waals surface area contributed by atoms with E-state index in [2.05, 4.69) is 15.2 Å². The van der Waals surface area contributed by atoms with Crippen LogP contribution in [0.25, 0.3) is 0 Å². The highest BCUT2D eigenvalue weighted by atomic mass is 16.6. The lowest BCUT2D eigenvalue weighted by Crippen LogP contribution is -2.20. The number of imidazole rings is 1. The Morgan fingerprint density at radius 3 is 2.76 bits per heavy atom.